The van der Waals surface area contributed by atoms with E-state index in [2.05, 4.69) is 11.0 Å². The Kier molecular flexibility index (Phi) is 4.62. The smallest absolute Gasteiger partial charge is 0.340 e. The molecule has 1 unspecified atom stereocenters. The van der Waals surface area contributed by atoms with E-state index in [0.717, 1.165) is 19.4 Å². The van der Waals surface area contributed by atoms with E-state index in [9.17, 15) is 13.2 Å². The number of benzene rings is 1. The predicted octanol–water partition coefficient (Wildman–Crippen LogP) is 2.52. The lowest BCUT2D eigenvalue weighted by Gasteiger charge is -2.28. The Bertz CT molecular complexity index is 847. The molecule has 1 atom stereocenters. The molecule has 2 N–H and O–H groups in total. The summed E-state index contributed by atoms with van der Waals surface area (Å²) in [6.07, 6.45) is 1.98. The van der Waals surface area contributed by atoms with Gasteiger partial charge >= 0.3 is 5.97 Å². The van der Waals surface area contributed by atoms with Crippen molar-refractivity contribution in [3.05, 3.63) is 46.2 Å². The van der Waals surface area contributed by atoms with Crippen LogP contribution >= 0.6 is 11.3 Å². The van der Waals surface area contributed by atoms with Crippen molar-refractivity contribution >= 4 is 33.0 Å². The topological polar surface area (TPSA) is 89.7 Å². The molecule has 0 saturated carbocycles. The molecule has 1 aromatic heterocycles. The van der Waals surface area contributed by atoms with E-state index in [-0.39, 0.29) is 16.5 Å². The standard InChI is InChI=1S/C16H18N2O4S2/c1-22-16(19)12-10-11(24(17,20)21)6-7-13(12)18-8-2-4-14(18)15-5-3-9-23-15/h3,5-7,9-10,14H,2,4,8H2,1H3,(H2,17,20,21). The number of methoxy groups -OCH3 is 1. The van der Waals surface area contributed by atoms with Crippen LogP contribution in [0.15, 0.2) is 40.6 Å². The van der Waals surface area contributed by atoms with Gasteiger partial charge in [-0.25, -0.2) is 18.4 Å². The van der Waals surface area contributed by atoms with Crippen molar-refractivity contribution in [1.29, 1.82) is 0 Å². The zero-order valence-electron chi connectivity index (χ0n) is 13.1. The molecule has 2 aromatic rings. The second kappa shape index (κ2) is 6.54. The van der Waals surface area contributed by atoms with Gasteiger partial charge in [0.15, 0.2) is 0 Å². The number of carbonyl (C=O) groups excluding carboxylic acids is 1. The molecule has 2 heterocycles. The first-order chi connectivity index (χ1) is 11.4. The maximum atomic E-state index is 12.2. The highest BCUT2D eigenvalue weighted by Gasteiger charge is 2.30. The highest BCUT2D eigenvalue weighted by atomic mass is 32.2. The van der Waals surface area contributed by atoms with Crippen molar-refractivity contribution in [3.8, 4) is 0 Å². The van der Waals surface area contributed by atoms with Crippen LogP contribution in [0, 0.1) is 0 Å². The number of esters is 1. The lowest BCUT2D eigenvalue weighted by atomic mass is 10.1. The number of thiophene rings is 1. The van der Waals surface area contributed by atoms with Gasteiger partial charge in [-0.1, -0.05) is 6.07 Å². The number of hydrogen-bond donors (Lipinski definition) is 1. The first kappa shape index (κ1) is 16.9. The third-order valence-corrected chi connectivity index (χ3v) is 6.02. The van der Waals surface area contributed by atoms with Crippen molar-refractivity contribution in [2.75, 3.05) is 18.6 Å². The van der Waals surface area contributed by atoms with E-state index >= 15 is 0 Å². The van der Waals surface area contributed by atoms with Crippen LogP contribution in [0.2, 0.25) is 0 Å². The molecule has 0 spiro atoms. The number of nitrogens with zero attached hydrogens (tertiary/aromatic N) is 1. The third kappa shape index (κ3) is 3.17. The van der Waals surface area contributed by atoms with Crippen molar-refractivity contribution in [2.45, 2.75) is 23.8 Å². The molecule has 24 heavy (non-hydrogen) atoms. The molecule has 6 nitrogen and oxygen atoms in total. The summed E-state index contributed by atoms with van der Waals surface area (Å²) in [4.78, 5) is 15.4. The van der Waals surface area contributed by atoms with Gasteiger partial charge in [-0.15, -0.1) is 11.3 Å². The average Bonchev–Trinajstić information content (AvgIpc) is 3.23. The van der Waals surface area contributed by atoms with Gasteiger partial charge in [0.05, 0.1) is 29.3 Å². The molecule has 8 heteroatoms. The average molecular weight is 366 g/mol. The molecule has 1 aliphatic heterocycles. The molecule has 3 rings (SSSR count). The van der Waals surface area contributed by atoms with Gasteiger partial charge < -0.3 is 9.64 Å². The van der Waals surface area contributed by atoms with Crippen LogP contribution in [0.1, 0.15) is 34.1 Å². The van der Waals surface area contributed by atoms with Crippen molar-refractivity contribution < 1.29 is 17.9 Å². The first-order valence-corrected chi connectivity index (χ1v) is 9.89. The molecular weight excluding hydrogens is 348 g/mol. The molecule has 1 fully saturated rings. The van der Waals surface area contributed by atoms with Crippen LogP contribution in [-0.2, 0) is 14.8 Å². The summed E-state index contributed by atoms with van der Waals surface area (Å²) >= 11 is 1.67. The number of carbonyl (C=O) groups is 1. The summed E-state index contributed by atoms with van der Waals surface area (Å²) in [5.74, 6) is -0.577. The van der Waals surface area contributed by atoms with E-state index < -0.39 is 16.0 Å². The molecule has 0 radical (unpaired) electrons. The number of primary sulfonamides is 1. The summed E-state index contributed by atoms with van der Waals surface area (Å²) in [7, 11) is -2.61. The fourth-order valence-corrected chi connectivity index (χ4v) is 4.46. The number of nitrogens with two attached hydrogens (primary N) is 1. The SMILES string of the molecule is COC(=O)c1cc(S(N)(=O)=O)ccc1N1CCCC1c1cccs1. The zero-order chi connectivity index (χ0) is 17.3. The maximum absolute atomic E-state index is 12.2. The quantitative estimate of drug-likeness (QED) is 0.840. The van der Waals surface area contributed by atoms with Gasteiger partial charge in [-0.3, -0.25) is 0 Å². The number of rotatable bonds is 4. The number of sulfonamides is 1. The minimum atomic E-state index is -3.89. The summed E-state index contributed by atoms with van der Waals surface area (Å²) < 4.78 is 28.0. The molecule has 1 aromatic carbocycles. The number of hydrogen-bond acceptors (Lipinski definition) is 6. The van der Waals surface area contributed by atoms with Crippen LogP contribution in [0.25, 0.3) is 0 Å². The van der Waals surface area contributed by atoms with Crippen LogP contribution in [0.5, 0.6) is 0 Å². The maximum Gasteiger partial charge on any atom is 0.340 e. The number of ether oxygens (including phenoxy) is 1. The van der Waals surface area contributed by atoms with Crippen LogP contribution < -0.4 is 10.0 Å². The third-order valence-electron chi connectivity index (χ3n) is 4.14. The lowest BCUT2D eigenvalue weighted by Crippen LogP contribution is -2.25. The Labute approximate surface area is 144 Å². The summed E-state index contributed by atoms with van der Waals surface area (Å²) in [5.41, 5.74) is 0.887. The monoisotopic (exact) mass is 366 g/mol. The molecule has 0 bridgehead atoms. The minimum absolute atomic E-state index is 0.0986. The second-order valence-corrected chi connectivity index (χ2v) is 8.12. The fourth-order valence-electron chi connectivity index (χ4n) is 3.05. The van der Waals surface area contributed by atoms with Gasteiger partial charge in [0.2, 0.25) is 10.0 Å². The first-order valence-electron chi connectivity index (χ1n) is 7.47. The van der Waals surface area contributed by atoms with E-state index in [1.165, 1.54) is 24.1 Å². The normalized spacial score (nSPS) is 17.9. The van der Waals surface area contributed by atoms with Crippen LogP contribution in [-0.4, -0.2) is 28.0 Å². The second-order valence-electron chi connectivity index (χ2n) is 5.58. The summed E-state index contributed by atoms with van der Waals surface area (Å²) in [5, 5.41) is 7.21. The zero-order valence-corrected chi connectivity index (χ0v) is 14.8. The molecule has 0 amide bonds. The Hall–Kier alpha value is -1.90. The fraction of sp³-hybridized carbons (Fsp3) is 0.312. The van der Waals surface area contributed by atoms with E-state index in [4.69, 9.17) is 9.88 Å². The summed E-state index contributed by atoms with van der Waals surface area (Å²) in [6, 6.07) is 8.61. The molecule has 128 valence electrons. The lowest BCUT2D eigenvalue weighted by molar-refractivity contribution is 0.0601. The molecule has 0 aliphatic carbocycles. The van der Waals surface area contributed by atoms with E-state index in [1.807, 2.05) is 11.4 Å². The van der Waals surface area contributed by atoms with Gasteiger partial charge in [0, 0.05) is 11.4 Å². The van der Waals surface area contributed by atoms with E-state index in [0.29, 0.717) is 5.69 Å². The summed E-state index contributed by atoms with van der Waals surface area (Å²) in [6.45, 7) is 0.793. The highest BCUT2D eigenvalue weighted by Crippen LogP contribution is 2.40. The van der Waals surface area contributed by atoms with Crippen LogP contribution in [0.4, 0.5) is 5.69 Å². The van der Waals surface area contributed by atoms with Gasteiger partial charge in [-0.2, -0.15) is 0 Å². The van der Waals surface area contributed by atoms with E-state index in [1.54, 1.807) is 17.4 Å². The Morgan fingerprint density at radius 3 is 2.79 bits per heavy atom. The largest absolute Gasteiger partial charge is 0.465 e. The molecular formula is C16H18N2O4S2. The molecule has 1 saturated heterocycles. The highest BCUT2D eigenvalue weighted by molar-refractivity contribution is 7.89. The van der Waals surface area contributed by atoms with Gasteiger partial charge in [-0.05, 0) is 42.5 Å². The Morgan fingerprint density at radius 2 is 2.17 bits per heavy atom. The van der Waals surface area contributed by atoms with Gasteiger partial charge in [0.25, 0.3) is 0 Å². The van der Waals surface area contributed by atoms with Crippen molar-refractivity contribution in [3.63, 3.8) is 0 Å². The van der Waals surface area contributed by atoms with Gasteiger partial charge in [0.1, 0.15) is 0 Å². The minimum Gasteiger partial charge on any atom is -0.465 e. The number of anilines is 1. The Balaban J connectivity index is 2.08. The van der Waals surface area contributed by atoms with Crippen molar-refractivity contribution in [1.82, 2.24) is 0 Å². The van der Waals surface area contributed by atoms with Crippen LogP contribution in [0.3, 0.4) is 0 Å². The Morgan fingerprint density at radius 1 is 1.38 bits per heavy atom. The molecule has 1 aliphatic rings. The predicted molar refractivity (Wildman–Crippen MR) is 92.8 cm³/mol. The van der Waals surface area contributed by atoms with Crippen molar-refractivity contribution in [2.24, 2.45) is 5.14 Å².